The summed E-state index contributed by atoms with van der Waals surface area (Å²) in [6.07, 6.45) is 1.16. The lowest BCUT2D eigenvalue weighted by molar-refractivity contribution is 0.219. The minimum absolute atomic E-state index is 0.224. The van der Waals surface area contributed by atoms with Crippen LogP contribution < -0.4 is 15.4 Å². The Morgan fingerprint density at radius 2 is 1.71 bits per heavy atom. The Hall–Kier alpha value is -1.64. The smallest absolute Gasteiger partial charge is 0.209 e. The van der Waals surface area contributed by atoms with Crippen molar-refractivity contribution in [3.05, 3.63) is 35.9 Å². The van der Waals surface area contributed by atoms with Crippen LogP contribution in [0.4, 0.5) is 0 Å². The van der Waals surface area contributed by atoms with E-state index in [4.69, 9.17) is 0 Å². The zero-order valence-electron chi connectivity index (χ0n) is 18.1. The minimum atomic E-state index is -3.29. The largest absolute Gasteiger partial charge is 0.357 e. The quantitative estimate of drug-likeness (QED) is 0.383. The maximum absolute atomic E-state index is 11.5. The average Bonchev–Trinajstić information content (AvgIpc) is 2.61. The molecule has 0 radical (unpaired) electrons. The predicted octanol–water partition coefficient (Wildman–Crippen LogP) is 1.95. The third-order valence-electron chi connectivity index (χ3n) is 4.34. The van der Waals surface area contributed by atoms with E-state index in [2.05, 4.69) is 63.4 Å². The zero-order valence-corrected chi connectivity index (χ0v) is 18.9. The standard InChI is InChI=1S/C20H37N5O2S/c1-7-21-19(23-16-20(4,5)24-28(6,26)27)22-15-18(25(8-2)9-3)17-13-11-10-12-14-17/h10-14,18,24H,7-9,15-16H2,1-6H3,(H2,21,22,23). The van der Waals surface area contributed by atoms with Crippen molar-refractivity contribution in [1.82, 2.24) is 20.3 Å². The van der Waals surface area contributed by atoms with Crippen LogP contribution in [0.3, 0.4) is 0 Å². The molecule has 1 unspecified atom stereocenters. The summed E-state index contributed by atoms with van der Waals surface area (Å²) in [4.78, 5) is 7.00. The highest BCUT2D eigenvalue weighted by Gasteiger charge is 2.22. The molecule has 0 saturated heterocycles. The summed E-state index contributed by atoms with van der Waals surface area (Å²) in [6.45, 7) is 13.7. The number of sulfonamides is 1. The van der Waals surface area contributed by atoms with Crippen molar-refractivity contribution in [3.63, 3.8) is 0 Å². The zero-order chi connectivity index (χ0) is 21.2. The molecule has 0 aliphatic rings. The Balaban J connectivity index is 2.90. The lowest BCUT2D eigenvalue weighted by Gasteiger charge is -2.31. The lowest BCUT2D eigenvalue weighted by atomic mass is 10.1. The lowest BCUT2D eigenvalue weighted by Crippen LogP contribution is -2.47. The molecule has 1 aromatic carbocycles. The Morgan fingerprint density at radius 1 is 1.11 bits per heavy atom. The molecule has 1 aromatic rings. The van der Waals surface area contributed by atoms with Gasteiger partial charge in [-0.1, -0.05) is 44.2 Å². The minimum Gasteiger partial charge on any atom is -0.357 e. The van der Waals surface area contributed by atoms with Crippen LogP contribution in [0.15, 0.2) is 35.3 Å². The number of benzene rings is 1. The summed E-state index contributed by atoms with van der Waals surface area (Å²) in [5, 5.41) is 6.67. The maximum Gasteiger partial charge on any atom is 0.209 e. The molecule has 0 aliphatic carbocycles. The van der Waals surface area contributed by atoms with Crippen molar-refractivity contribution in [2.45, 2.75) is 46.2 Å². The van der Waals surface area contributed by atoms with Crippen LogP contribution in [-0.2, 0) is 10.0 Å². The number of rotatable bonds is 11. The van der Waals surface area contributed by atoms with Crippen LogP contribution in [0, 0.1) is 0 Å². The Labute approximate surface area is 171 Å². The average molecular weight is 412 g/mol. The summed E-state index contributed by atoms with van der Waals surface area (Å²) < 4.78 is 25.7. The van der Waals surface area contributed by atoms with Gasteiger partial charge in [-0.15, -0.1) is 0 Å². The second-order valence-electron chi connectivity index (χ2n) is 7.48. The van der Waals surface area contributed by atoms with Crippen LogP contribution in [0.2, 0.25) is 0 Å². The van der Waals surface area contributed by atoms with Crippen LogP contribution in [0.5, 0.6) is 0 Å². The predicted molar refractivity (Wildman–Crippen MR) is 118 cm³/mol. The number of nitrogens with zero attached hydrogens (tertiary/aromatic N) is 2. The van der Waals surface area contributed by atoms with Gasteiger partial charge in [0.05, 0.1) is 18.8 Å². The van der Waals surface area contributed by atoms with Gasteiger partial charge in [-0.05, 0) is 39.4 Å². The van der Waals surface area contributed by atoms with Gasteiger partial charge in [0.25, 0.3) is 0 Å². The number of hydrogen-bond acceptors (Lipinski definition) is 4. The van der Waals surface area contributed by atoms with Gasteiger partial charge in [0.15, 0.2) is 5.96 Å². The molecule has 8 heteroatoms. The molecule has 1 rings (SSSR count). The molecular formula is C20H37N5O2S. The summed E-state index contributed by atoms with van der Waals surface area (Å²) in [5.41, 5.74) is 0.599. The molecule has 3 N–H and O–H groups in total. The van der Waals surface area contributed by atoms with E-state index in [1.165, 1.54) is 5.56 Å². The Bertz CT molecular complexity index is 701. The summed E-state index contributed by atoms with van der Waals surface area (Å²) in [6, 6.07) is 10.7. The first-order valence-corrected chi connectivity index (χ1v) is 11.8. The molecule has 7 nitrogen and oxygen atoms in total. The van der Waals surface area contributed by atoms with Crippen LogP contribution >= 0.6 is 0 Å². The molecule has 1 atom stereocenters. The molecule has 0 saturated carbocycles. The molecule has 0 aliphatic heterocycles. The van der Waals surface area contributed by atoms with E-state index in [9.17, 15) is 8.42 Å². The molecule has 0 fully saturated rings. The van der Waals surface area contributed by atoms with Gasteiger partial charge in [0.2, 0.25) is 10.0 Å². The molecule has 160 valence electrons. The molecule has 0 aromatic heterocycles. The van der Waals surface area contributed by atoms with Crippen molar-refractivity contribution in [2.75, 3.05) is 39.0 Å². The van der Waals surface area contributed by atoms with E-state index >= 15 is 0 Å². The Kier molecular flexibility index (Phi) is 9.92. The van der Waals surface area contributed by atoms with Gasteiger partial charge < -0.3 is 10.6 Å². The first-order chi connectivity index (χ1) is 13.1. The van der Waals surface area contributed by atoms with Gasteiger partial charge in [-0.3, -0.25) is 9.89 Å². The van der Waals surface area contributed by atoms with Gasteiger partial charge in [0.1, 0.15) is 0 Å². The summed E-state index contributed by atoms with van der Waals surface area (Å²) >= 11 is 0. The number of hydrogen-bond donors (Lipinski definition) is 3. The molecule has 0 spiro atoms. The normalized spacial score (nSPS) is 14.2. The first-order valence-electron chi connectivity index (χ1n) is 9.92. The first kappa shape index (κ1) is 24.4. The van der Waals surface area contributed by atoms with Crippen molar-refractivity contribution in [1.29, 1.82) is 0 Å². The molecule has 0 heterocycles. The fourth-order valence-corrected chi connectivity index (χ4v) is 4.21. The third-order valence-corrected chi connectivity index (χ3v) is 5.26. The van der Waals surface area contributed by atoms with Crippen LogP contribution in [-0.4, -0.2) is 63.8 Å². The molecule has 0 bridgehead atoms. The monoisotopic (exact) mass is 411 g/mol. The number of guanidine groups is 1. The van der Waals surface area contributed by atoms with Crippen molar-refractivity contribution < 1.29 is 8.42 Å². The molecular weight excluding hydrogens is 374 g/mol. The molecule has 28 heavy (non-hydrogen) atoms. The fraction of sp³-hybridized carbons (Fsp3) is 0.650. The number of nitrogens with one attached hydrogen (secondary N) is 3. The van der Waals surface area contributed by atoms with E-state index in [-0.39, 0.29) is 6.04 Å². The topological polar surface area (TPSA) is 85.8 Å². The second-order valence-corrected chi connectivity index (χ2v) is 9.23. The van der Waals surface area contributed by atoms with E-state index in [1.807, 2.05) is 26.8 Å². The van der Waals surface area contributed by atoms with Crippen LogP contribution in [0.1, 0.15) is 46.2 Å². The van der Waals surface area contributed by atoms with Crippen LogP contribution in [0.25, 0.3) is 0 Å². The second kappa shape index (κ2) is 11.4. The van der Waals surface area contributed by atoms with Gasteiger partial charge in [-0.2, -0.15) is 0 Å². The highest BCUT2D eigenvalue weighted by atomic mass is 32.2. The highest BCUT2D eigenvalue weighted by Crippen LogP contribution is 2.19. The van der Waals surface area contributed by atoms with Crippen molar-refractivity contribution in [2.24, 2.45) is 4.99 Å². The van der Waals surface area contributed by atoms with Gasteiger partial charge >= 0.3 is 0 Å². The van der Waals surface area contributed by atoms with E-state index < -0.39 is 15.6 Å². The van der Waals surface area contributed by atoms with Gasteiger partial charge in [-0.25, -0.2) is 13.1 Å². The van der Waals surface area contributed by atoms with E-state index in [0.29, 0.717) is 19.0 Å². The highest BCUT2D eigenvalue weighted by molar-refractivity contribution is 7.88. The molecule has 0 amide bonds. The third kappa shape index (κ3) is 9.03. The maximum atomic E-state index is 11.5. The Morgan fingerprint density at radius 3 is 2.21 bits per heavy atom. The summed E-state index contributed by atoms with van der Waals surface area (Å²) in [7, 11) is -3.29. The fourth-order valence-electron chi connectivity index (χ4n) is 3.14. The van der Waals surface area contributed by atoms with Crippen molar-refractivity contribution in [3.8, 4) is 0 Å². The van der Waals surface area contributed by atoms with Gasteiger partial charge in [0, 0.05) is 18.6 Å². The van der Waals surface area contributed by atoms with E-state index in [1.54, 1.807) is 0 Å². The SMILES string of the molecule is CCNC(=NCC(C)(C)NS(C)(=O)=O)NCC(c1ccccc1)N(CC)CC. The van der Waals surface area contributed by atoms with E-state index in [0.717, 1.165) is 25.9 Å². The van der Waals surface area contributed by atoms with Crippen molar-refractivity contribution >= 4 is 16.0 Å². The number of likely N-dealkylation sites (N-methyl/N-ethyl adjacent to an activating group) is 1. The number of aliphatic imine (C=N–C) groups is 1. The summed E-state index contributed by atoms with van der Waals surface area (Å²) in [5.74, 6) is 0.680.